The van der Waals surface area contributed by atoms with Gasteiger partial charge in [-0.2, -0.15) is 0 Å². The first-order valence-electron chi connectivity index (χ1n) is 42.8. The van der Waals surface area contributed by atoms with Crippen LogP contribution in [0, 0.1) is 0 Å². The number of fused-ring (bicyclic) bond motifs is 18. The Labute approximate surface area is 711 Å². The molecular formula is C118H84N2O2. The van der Waals surface area contributed by atoms with Crippen LogP contribution in [-0.2, 0) is 21.7 Å². The lowest BCUT2D eigenvalue weighted by Crippen LogP contribution is -2.23. The molecule has 122 heavy (non-hydrogen) atoms. The van der Waals surface area contributed by atoms with Crippen LogP contribution in [0.25, 0.3) is 144 Å². The summed E-state index contributed by atoms with van der Waals surface area (Å²) in [5.74, 6) is 0. The van der Waals surface area contributed by atoms with Gasteiger partial charge in [-0.1, -0.05) is 343 Å². The fraction of sp³-hybridized carbons (Fsp3) is 0.0847. The molecule has 4 aliphatic carbocycles. The molecule has 2 aromatic heterocycles. The van der Waals surface area contributed by atoms with Crippen molar-refractivity contribution in [3.63, 3.8) is 0 Å². The maximum absolute atomic E-state index is 7.49. The topological polar surface area (TPSA) is 32.8 Å². The van der Waals surface area contributed by atoms with Crippen LogP contribution in [0.1, 0.15) is 97.2 Å². The third-order valence-corrected chi connectivity index (χ3v) is 28.1. The lowest BCUT2D eigenvalue weighted by atomic mass is 9.74. The molecule has 0 saturated heterocycles. The first kappa shape index (κ1) is 71.3. The quantitative estimate of drug-likeness (QED) is 0.115. The van der Waals surface area contributed by atoms with E-state index in [4.69, 9.17) is 8.83 Å². The fourth-order valence-corrected chi connectivity index (χ4v) is 22.0. The second kappa shape index (κ2) is 26.8. The highest BCUT2D eigenvalue weighted by Crippen LogP contribution is 2.61. The summed E-state index contributed by atoms with van der Waals surface area (Å²) in [4.78, 5) is 5.07. The van der Waals surface area contributed by atoms with Gasteiger partial charge in [0.1, 0.15) is 22.3 Å². The highest BCUT2D eigenvalue weighted by Gasteiger charge is 2.45. The molecule has 0 N–H and O–H groups in total. The number of para-hydroxylation sites is 3. The van der Waals surface area contributed by atoms with E-state index in [9.17, 15) is 0 Å². The van der Waals surface area contributed by atoms with Crippen molar-refractivity contribution in [2.45, 2.75) is 63.2 Å². The Balaban J connectivity index is 0.657. The number of rotatable bonds is 13. The van der Waals surface area contributed by atoms with Crippen LogP contribution in [-0.4, -0.2) is 0 Å². The zero-order valence-corrected chi connectivity index (χ0v) is 68.8. The number of benzene rings is 18. The number of furan rings is 2. The fourth-order valence-electron chi connectivity index (χ4n) is 22.0. The summed E-state index contributed by atoms with van der Waals surface area (Å²) in [6.07, 6.45) is 0. The Morgan fingerprint density at radius 2 is 0.582 bits per heavy atom. The lowest BCUT2D eigenvalue weighted by molar-refractivity contribution is 0.660. The molecule has 0 amide bonds. The second-order valence-corrected chi connectivity index (χ2v) is 35.1. The minimum Gasteiger partial charge on any atom is -0.456 e. The summed E-state index contributed by atoms with van der Waals surface area (Å²) in [5, 5.41) is 4.29. The van der Waals surface area contributed by atoms with Gasteiger partial charge in [-0.05, 0) is 232 Å². The second-order valence-electron chi connectivity index (χ2n) is 35.1. The van der Waals surface area contributed by atoms with E-state index >= 15 is 0 Å². The van der Waals surface area contributed by atoms with Gasteiger partial charge in [-0.25, -0.2) is 0 Å². The van der Waals surface area contributed by atoms with Crippen LogP contribution in [0.3, 0.4) is 0 Å². The number of nitrogens with zero attached hydrogens (tertiary/aromatic N) is 2. The third-order valence-electron chi connectivity index (χ3n) is 28.1. The molecule has 0 spiro atoms. The van der Waals surface area contributed by atoms with E-state index in [0.29, 0.717) is 0 Å². The van der Waals surface area contributed by atoms with Gasteiger partial charge < -0.3 is 18.6 Å². The number of hydrogen-bond donors (Lipinski definition) is 0. The zero-order valence-electron chi connectivity index (χ0n) is 68.8. The molecule has 4 aliphatic rings. The third kappa shape index (κ3) is 10.4. The number of anilines is 6. The SMILES string of the molecule is CC1(C)c2ccccc2-c2ccc(N(c3ccc4c(c3)C(C)(c3ccc(-c5cccc6c5oc5ccc(-c7ccccc7)c(-c7ccccc7N(c7ccc8c(c7)C(C)(C)c7ccccc7-8)c7ccc8c(c7)C(C)(c7ccccc7)c7ccccc7-8)c56)cc3)c3ccccc3-4)c3ccccc3-c3cccc4oc5ccc(-c6ccccc6)cc5c34)cc21. The van der Waals surface area contributed by atoms with E-state index in [0.717, 1.165) is 128 Å². The summed E-state index contributed by atoms with van der Waals surface area (Å²) in [6, 6.07) is 149. The van der Waals surface area contributed by atoms with Crippen LogP contribution in [0.15, 0.2) is 409 Å². The molecule has 20 aromatic rings. The molecule has 0 radical (unpaired) electrons. The Kier molecular flexibility index (Phi) is 15.7. The van der Waals surface area contributed by atoms with Crippen LogP contribution in [0.2, 0.25) is 0 Å². The average Bonchev–Trinajstić information content (AvgIpc) is 1.55. The standard InChI is InChI=1S/C118H84N2O2/c1-115(2)98-45-22-16-36-85(98)89-61-57-79(69-102(89)115)119(106-49-26-20-40-93(106)94-43-29-51-109-111(94)97-68-76(54-66-108(97)121-109)73-30-10-7-11-31-73)81-59-63-92-88-39-19-25-48-101(88)118(6,105(92)71-81)78-55-52-75(53-56-78)84-42-28-44-96-113-110(122-114(84)96)67-65-83(74-32-12-8-13-33-74)112(113)95-41-21-27-50-107(95)120(80-58-62-90-86-37-17-23-46-99(86)116(3,4)103(90)70-80)82-60-64-91-87-38-18-24-47-100(87)117(5,104(91)72-82)77-34-14-9-15-35-77/h7-72H,1-6H3. The van der Waals surface area contributed by atoms with Gasteiger partial charge in [0.15, 0.2) is 0 Å². The van der Waals surface area contributed by atoms with E-state index in [1.54, 1.807) is 0 Å². The van der Waals surface area contributed by atoms with E-state index < -0.39 is 10.8 Å². The van der Waals surface area contributed by atoms with Crippen molar-refractivity contribution in [1.29, 1.82) is 0 Å². The van der Waals surface area contributed by atoms with Crippen LogP contribution in [0.4, 0.5) is 34.1 Å². The minimum atomic E-state index is -0.576. The van der Waals surface area contributed by atoms with E-state index in [-0.39, 0.29) is 10.8 Å². The van der Waals surface area contributed by atoms with Crippen molar-refractivity contribution in [3.8, 4) is 100 Å². The summed E-state index contributed by atoms with van der Waals surface area (Å²) in [5.41, 5.74) is 42.5. The van der Waals surface area contributed by atoms with Gasteiger partial charge in [0.25, 0.3) is 0 Å². The molecule has 4 nitrogen and oxygen atoms in total. The van der Waals surface area contributed by atoms with Gasteiger partial charge in [-0.15, -0.1) is 0 Å². The molecule has 0 bridgehead atoms. The van der Waals surface area contributed by atoms with Crippen LogP contribution >= 0.6 is 0 Å². The molecule has 578 valence electrons. The van der Waals surface area contributed by atoms with Crippen molar-refractivity contribution in [3.05, 3.63) is 456 Å². The van der Waals surface area contributed by atoms with Crippen LogP contribution < -0.4 is 9.80 Å². The summed E-state index contributed by atoms with van der Waals surface area (Å²) in [7, 11) is 0. The molecule has 24 rings (SSSR count). The van der Waals surface area contributed by atoms with Crippen molar-refractivity contribution < 1.29 is 8.83 Å². The Morgan fingerprint density at radius 3 is 1.14 bits per heavy atom. The van der Waals surface area contributed by atoms with Crippen molar-refractivity contribution in [2.75, 3.05) is 9.80 Å². The predicted octanol–water partition coefficient (Wildman–Crippen LogP) is 32.0. The highest BCUT2D eigenvalue weighted by molar-refractivity contribution is 6.20. The smallest absolute Gasteiger partial charge is 0.143 e. The summed E-state index contributed by atoms with van der Waals surface area (Å²) in [6.45, 7) is 14.4. The monoisotopic (exact) mass is 1560 g/mol. The zero-order chi connectivity index (χ0) is 81.5. The van der Waals surface area contributed by atoms with Crippen LogP contribution in [0.5, 0.6) is 0 Å². The summed E-state index contributed by atoms with van der Waals surface area (Å²) < 4.78 is 14.3. The highest BCUT2D eigenvalue weighted by atomic mass is 16.3. The van der Waals surface area contributed by atoms with Crippen molar-refractivity contribution in [1.82, 2.24) is 0 Å². The number of hydrogen-bond acceptors (Lipinski definition) is 4. The molecule has 4 heteroatoms. The minimum absolute atomic E-state index is 0.239. The molecular weight excluding hydrogens is 1480 g/mol. The Bertz CT molecular complexity index is 7730. The summed E-state index contributed by atoms with van der Waals surface area (Å²) >= 11 is 0. The van der Waals surface area contributed by atoms with Gasteiger partial charge in [0, 0.05) is 88.2 Å². The first-order valence-corrected chi connectivity index (χ1v) is 42.8. The lowest BCUT2D eigenvalue weighted by Gasteiger charge is -2.32. The Hall–Kier alpha value is -14.8. The molecule has 0 saturated carbocycles. The molecule has 2 unspecified atom stereocenters. The normalized spacial score (nSPS) is 15.8. The van der Waals surface area contributed by atoms with E-state index in [2.05, 4.69) is 452 Å². The van der Waals surface area contributed by atoms with E-state index in [1.165, 1.54) is 106 Å². The maximum Gasteiger partial charge on any atom is 0.143 e. The predicted molar refractivity (Wildman–Crippen MR) is 508 cm³/mol. The molecule has 18 aromatic carbocycles. The van der Waals surface area contributed by atoms with Gasteiger partial charge in [-0.3, -0.25) is 0 Å². The van der Waals surface area contributed by atoms with Crippen molar-refractivity contribution in [2.24, 2.45) is 0 Å². The maximum atomic E-state index is 7.49. The molecule has 2 atom stereocenters. The van der Waals surface area contributed by atoms with Gasteiger partial charge in [0.2, 0.25) is 0 Å². The average molecular weight is 1560 g/mol. The first-order chi connectivity index (χ1) is 59.8. The van der Waals surface area contributed by atoms with Gasteiger partial charge >= 0.3 is 0 Å². The largest absolute Gasteiger partial charge is 0.456 e. The Morgan fingerprint density at radius 1 is 0.205 bits per heavy atom. The van der Waals surface area contributed by atoms with Gasteiger partial charge in [0.05, 0.1) is 11.4 Å². The van der Waals surface area contributed by atoms with E-state index in [1.807, 2.05) is 0 Å². The van der Waals surface area contributed by atoms with Crippen molar-refractivity contribution >= 4 is 78.0 Å². The molecule has 2 heterocycles. The molecule has 0 fully saturated rings. The molecule has 0 aliphatic heterocycles.